The average molecular weight is 460 g/mol. The molecule has 0 atom stereocenters. The van der Waals surface area contributed by atoms with E-state index in [0.717, 1.165) is 32.9 Å². The van der Waals surface area contributed by atoms with E-state index in [1.165, 1.54) is 5.56 Å². The molecule has 2 aromatic heterocycles. The van der Waals surface area contributed by atoms with Gasteiger partial charge in [0.15, 0.2) is 0 Å². The zero-order valence-corrected chi connectivity index (χ0v) is 18.1. The third kappa shape index (κ3) is 5.87. The summed E-state index contributed by atoms with van der Waals surface area (Å²) < 4.78 is 6.71. The number of rotatable bonds is 9. The highest BCUT2D eigenvalue weighted by Crippen LogP contribution is 2.26. The highest BCUT2D eigenvalue weighted by molar-refractivity contribution is 9.10. The second-order valence-corrected chi connectivity index (χ2v) is 7.95. The Bertz CT molecular complexity index is 915. The summed E-state index contributed by atoms with van der Waals surface area (Å²) in [5.41, 5.74) is 3.10. The van der Waals surface area contributed by atoms with E-state index in [9.17, 15) is 4.79 Å². The van der Waals surface area contributed by atoms with Crippen molar-refractivity contribution in [2.45, 2.75) is 32.7 Å². The lowest BCUT2D eigenvalue weighted by atomic mass is 10.2. The van der Waals surface area contributed by atoms with Gasteiger partial charge >= 0.3 is 0 Å². The number of halogens is 1. The maximum Gasteiger partial charge on any atom is 0.220 e. The van der Waals surface area contributed by atoms with E-state index in [-0.39, 0.29) is 5.91 Å². The number of thiazole rings is 1. The van der Waals surface area contributed by atoms with Crippen molar-refractivity contribution in [3.8, 4) is 16.3 Å². The van der Waals surface area contributed by atoms with Crippen molar-refractivity contribution in [3.05, 3.63) is 63.8 Å². The van der Waals surface area contributed by atoms with Crippen LogP contribution in [0.4, 0.5) is 0 Å². The molecular weight excluding hydrogens is 438 g/mol. The number of pyridine rings is 1. The minimum Gasteiger partial charge on any atom is -0.492 e. The number of aromatic nitrogens is 2. The van der Waals surface area contributed by atoms with Crippen LogP contribution in [0.25, 0.3) is 10.6 Å². The number of carbonyl (C=O) groups excluding carboxylic acids is 1. The second-order valence-electron chi connectivity index (χ2n) is 6.23. The topological polar surface area (TPSA) is 64.1 Å². The third-order valence-electron chi connectivity index (χ3n) is 4.14. The number of carbonyl (C=O) groups is 1. The number of nitrogens with one attached hydrogen (secondary N) is 1. The molecule has 7 heteroatoms. The van der Waals surface area contributed by atoms with E-state index in [2.05, 4.69) is 50.3 Å². The summed E-state index contributed by atoms with van der Waals surface area (Å²) in [4.78, 5) is 20.7. The van der Waals surface area contributed by atoms with Crippen molar-refractivity contribution in [1.82, 2.24) is 15.3 Å². The van der Waals surface area contributed by atoms with Gasteiger partial charge in [0.1, 0.15) is 10.8 Å². The molecule has 28 heavy (non-hydrogen) atoms. The molecule has 0 aliphatic heterocycles. The molecule has 3 rings (SSSR count). The molecule has 0 fully saturated rings. The lowest BCUT2D eigenvalue weighted by Gasteiger charge is -2.09. The molecule has 1 N–H and O–H groups in total. The summed E-state index contributed by atoms with van der Waals surface area (Å²) >= 11 is 5.07. The van der Waals surface area contributed by atoms with E-state index in [1.807, 2.05) is 23.6 Å². The minimum absolute atomic E-state index is 0.0000700. The number of ether oxygens (including phenoxy) is 1. The van der Waals surface area contributed by atoms with Crippen molar-refractivity contribution < 1.29 is 9.53 Å². The van der Waals surface area contributed by atoms with Crippen LogP contribution in [0.1, 0.15) is 31.0 Å². The van der Waals surface area contributed by atoms with Crippen LogP contribution in [0.3, 0.4) is 0 Å². The fourth-order valence-corrected chi connectivity index (χ4v) is 3.93. The number of nitrogens with zero attached hydrogens (tertiary/aromatic N) is 2. The van der Waals surface area contributed by atoms with Gasteiger partial charge in [-0.2, -0.15) is 0 Å². The summed E-state index contributed by atoms with van der Waals surface area (Å²) in [5, 5.41) is 5.78. The van der Waals surface area contributed by atoms with Gasteiger partial charge in [-0.25, -0.2) is 4.98 Å². The van der Waals surface area contributed by atoms with Gasteiger partial charge in [0, 0.05) is 29.8 Å². The van der Waals surface area contributed by atoms with Gasteiger partial charge < -0.3 is 10.1 Å². The van der Waals surface area contributed by atoms with Gasteiger partial charge in [-0.3, -0.25) is 9.78 Å². The van der Waals surface area contributed by atoms with Crippen molar-refractivity contribution in [2.24, 2.45) is 0 Å². The first-order chi connectivity index (χ1) is 13.7. The molecule has 0 aliphatic carbocycles. The summed E-state index contributed by atoms with van der Waals surface area (Å²) in [6, 6.07) is 9.94. The Labute approximate surface area is 177 Å². The quantitative estimate of drug-likeness (QED) is 0.457. The molecule has 1 amide bonds. The third-order valence-corrected chi connectivity index (χ3v) is 5.70. The van der Waals surface area contributed by atoms with E-state index < -0.39 is 0 Å². The molecule has 0 aliphatic rings. The lowest BCUT2D eigenvalue weighted by Crippen LogP contribution is -2.23. The minimum atomic E-state index is -0.0000700. The van der Waals surface area contributed by atoms with Gasteiger partial charge in [-0.05, 0) is 58.6 Å². The molecule has 0 radical (unpaired) electrons. The lowest BCUT2D eigenvalue weighted by molar-refractivity contribution is -0.121. The number of amides is 1. The van der Waals surface area contributed by atoms with Gasteiger partial charge in [0.25, 0.3) is 0 Å². The first-order valence-corrected chi connectivity index (χ1v) is 10.9. The zero-order valence-electron chi connectivity index (χ0n) is 15.7. The highest BCUT2D eigenvalue weighted by atomic mass is 79.9. The monoisotopic (exact) mass is 459 g/mol. The van der Waals surface area contributed by atoms with Crippen LogP contribution in [-0.4, -0.2) is 22.5 Å². The molecule has 1 aromatic carbocycles. The molecule has 0 bridgehead atoms. The van der Waals surface area contributed by atoms with E-state index in [1.54, 1.807) is 23.7 Å². The van der Waals surface area contributed by atoms with Crippen LogP contribution >= 0.6 is 27.3 Å². The van der Waals surface area contributed by atoms with E-state index in [4.69, 9.17) is 4.74 Å². The Hall–Kier alpha value is -2.25. The zero-order chi connectivity index (χ0) is 19.8. The Morgan fingerprint density at radius 3 is 2.96 bits per heavy atom. The number of hydrogen-bond acceptors (Lipinski definition) is 5. The maximum absolute atomic E-state index is 12.0. The number of hydrogen-bond donors (Lipinski definition) is 1. The number of benzene rings is 1. The molecule has 0 saturated heterocycles. The van der Waals surface area contributed by atoms with E-state index in [0.29, 0.717) is 26.0 Å². The van der Waals surface area contributed by atoms with Crippen molar-refractivity contribution in [1.29, 1.82) is 0 Å². The summed E-state index contributed by atoms with van der Waals surface area (Å²) in [6.45, 7) is 3.05. The summed E-state index contributed by atoms with van der Waals surface area (Å²) in [5.74, 6) is 0.808. The predicted octanol–water partition coefficient (Wildman–Crippen LogP) is 5.01. The van der Waals surface area contributed by atoms with Crippen LogP contribution < -0.4 is 10.1 Å². The van der Waals surface area contributed by atoms with Crippen LogP contribution in [0.15, 0.2) is 52.6 Å². The highest BCUT2D eigenvalue weighted by Gasteiger charge is 2.07. The fourth-order valence-electron chi connectivity index (χ4n) is 2.58. The molecule has 0 unspecified atom stereocenters. The first kappa shape index (κ1) is 20.5. The van der Waals surface area contributed by atoms with Gasteiger partial charge in [0.2, 0.25) is 5.91 Å². The Balaban J connectivity index is 1.38. The molecule has 0 spiro atoms. The van der Waals surface area contributed by atoms with Crippen LogP contribution in [0.2, 0.25) is 0 Å². The largest absolute Gasteiger partial charge is 0.492 e. The standard InChI is InChI=1S/C21H22BrN3O2S/c1-2-15-7-8-19(18(22)11-15)27-10-4-6-20(26)24-13-17-14-28-21(25-17)16-5-3-9-23-12-16/h3,5,7-9,11-12,14H,2,4,6,10,13H2,1H3,(H,24,26). The normalized spacial score (nSPS) is 10.6. The maximum atomic E-state index is 12.0. The molecule has 0 saturated carbocycles. The average Bonchev–Trinajstić information content (AvgIpc) is 3.20. The molecule has 3 aromatic rings. The molecule has 2 heterocycles. The van der Waals surface area contributed by atoms with Crippen molar-refractivity contribution in [2.75, 3.05) is 6.61 Å². The van der Waals surface area contributed by atoms with Crippen molar-refractivity contribution >= 4 is 33.2 Å². The van der Waals surface area contributed by atoms with Crippen LogP contribution in [-0.2, 0) is 17.8 Å². The summed E-state index contributed by atoms with van der Waals surface area (Å²) in [7, 11) is 0. The fraction of sp³-hybridized carbons (Fsp3) is 0.286. The predicted molar refractivity (Wildman–Crippen MR) is 115 cm³/mol. The van der Waals surface area contributed by atoms with Crippen molar-refractivity contribution in [3.63, 3.8) is 0 Å². The van der Waals surface area contributed by atoms with Crippen LogP contribution in [0.5, 0.6) is 5.75 Å². The molecular formula is C21H22BrN3O2S. The van der Waals surface area contributed by atoms with Gasteiger partial charge in [-0.15, -0.1) is 11.3 Å². The smallest absolute Gasteiger partial charge is 0.220 e. The van der Waals surface area contributed by atoms with Crippen LogP contribution in [0, 0.1) is 0 Å². The Morgan fingerprint density at radius 2 is 2.21 bits per heavy atom. The van der Waals surface area contributed by atoms with E-state index >= 15 is 0 Å². The van der Waals surface area contributed by atoms with Gasteiger partial charge in [0.05, 0.1) is 23.3 Å². The molecule has 5 nitrogen and oxygen atoms in total. The second kappa shape index (κ2) is 10.3. The summed E-state index contributed by atoms with van der Waals surface area (Å²) in [6.07, 6.45) is 5.59. The number of aryl methyl sites for hydroxylation is 1. The first-order valence-electron chi connectivity index (χ1n) is 9.18. The Morgan fingerprint density at radius 1 is 1.32 bits per heavy atom. The Kier molecular flexibility index (Phi) is 7.56. The van der Waals surface area contributed by atoms with Gasteiger partial charge in [-0.1, -0.05) is 13.0 Å². The molecule has 146 valence electrons. The SMILES string of the molecule is CCc1ccc(OCCCC(=O)NCc2csc(-c3cccnc3)n2)c(Br)c1.